The quantitative estimate of drug-likeness (QED) is 0.177. The second-order valence-corrected chi connectivity index (χ2v) is 18.5. The van der Waals surface area contributed by atoms with Gasteiger partial charge in [0, 0.05) is 53.7 Å². The molecule has 5 nitrogen and oxygen atoms in total. The first-order valence-corrected chi connectivity index (χ1v) is 23.4. The van der Waals surface area contributed by atoms with Crippen molar-refractivity contribution in [2.75, 3.05) is 0 Å². The molecule has 0 amide bonds. The number of furan rings is 1. The molecule has 11 aromatic carbocycles. The summed E-state index contributed by atoms with van der Waals surface area (Å²) in [5, 5.41) is 16.3. The van der Waals surface area contributed by atoms with E-state index in [4.69, 9.17) is 19.4 Å². The van der Waals surface area contributed by atoms with Crippen molar-refractivity contribution in [3.05, 3.63) is 206 Å². The highest BCUT2D eigenvalue weighted by atomic mass is 32.1. The van der Waals surface area contributed by atoms with Gasteiger partial charge < -0.3 is 8.98 Å². The van der Waals surface area contributed by atoms with Gasteiger partial charge >= 0.3 is 0 Å². The number of rotatable bonds is 4. The molecule has 0 fully saturated rings. The minimum Gasteiger partial charge on any atom is -0.456 e. The van der Waals surface area contributed by atoms with Gasteiger partial charge in [-0.25, -0.2) is 15.0 Å². The van der Waals surface area contributed by atoms with E-state index < -0.39 is 0 Å². The second-order valence-electron chi connectivity index (χ2n) is 17.4. The average Bonchev–Trinajstić information content (AvgIpc) is 4.07. The lowest BCUT2D eigenvalue weighted by Gasteiger charge is -2.17. The van der Waals surface area contributed by atoms with Crippen LogP contribution in [0.15, 0.2) is 211 Å². The maximum Gasteiger partial charge on any atom is 0.166 e. The zero-order chi connectivity index (χ0) is 43.7. The lowest BCUT2D eigenvalue weighted by molar-refractivity contribution is 0.669. The SMILES string of the molecule is c1ccc2cc3c(cc2c1)c1c2ccccc2ccc1n3-c1c(-c2nc(-c3cccc4ccccc34)nc(-c3cccc4oc5ccccc5c34)n2)ccc2c1sc1ccc3ccccc3c12. The molecule has 310 valence electrons. The Kier molecular flexibility index (Phi) is 7.59. The number of para-hydroxylation sites is 1. The molecular formula is C61H34N4OS. The Bertz CT molecular complexity index is 4590. The molecule has 0 aliphatic rings. The normalized spacial score (nSPS) is 12.2. The van der Waals surface area contributed by atoms with Gasteiger partial charge in [-0.1, -0.05) is 164 Å². The average molecular weight is 871 g/mol. The molecule has 0 N–H and O–H groups in total. The highest BCUT2D eigenvalue weighted by Gasteiger charge is 2.26. The van der Waals surface area contributed by atoms with E-state index in [0.717, 1.165) is 66.1 Å². The van der Waals surface area contributed by atoms with Gasteiger partial charge in [0.25, 0.3) is 0 Å². The van der Waals surface area contributed by atoms with Gasteiger partial charge in [-0.05, 0) is 85.6 Å². The molecule has 15 aromatic rings. The van der Waals surface area contributed by atoms with Crippen LogP contribution in [0.1, 0.15) is 0 Å². The molecule has 0 aliphatic carbocycles. The highest BCUT2D eigenvalue weighted by molar-refractivity contribution is 7.26. The molecule has 6 heteroatoms. The van der Waals surface area contributed by atoms with Crippen LogP contribution in [0.3, 0.4) is 0 Å². The van der Waals surface area contributed by atoms with Crippen molar-refractivity contribution in [2.24, 2.45) is 0 Å². The highest BCUT2D eigenvalue weighted by Crippen LogP contribution is 2.48. The summed E-state index contributed by atoms with van der Waals surface area (Å²) < 4.78 is 11.4. The predicted molar refractivity (Wildman–Crippen MR) is 281 cm³/mol. The van der Waals surface area contributed by atoms with Gasteiger partial charge in [0.2, 0.25) is 0 Å². The van der Waals surface area contributed by atoms with Crippen molar-refractivity contribution < 1.29 is 4.42 Å². The summed E-state index contributed by atoms with van der Waals surface area (Å²) in [6.45, 7) is 0. The summed E-state index contributed by atoms with van der Waals surface area (Å²) >= 11 is 1.84. The van der Waals surface area contributed by atoms with Crippen molar-refractivity contribution in [1.82, 2.24) is 19.5 Å². The van der Waals surface area contributed by atoms with Crippen LogP contribution in [-0.4, -0.2) is 19.5 Å². The van der Waals surface area contributed by atoms with Crippen LogP contribution in [0.5, 0.6) is 0 Å². The molecule has 4 heterocycles. The first-order valence-electron chi connectivity index (χ1n) is 22.6. The molecule has 4 aromatic heterocycles. The number of hydrogen-bond acceptors (Lipinski definition) is 5. The molecule has 0 saturated carbocycles. The van der Waals surface area contributed by atoms with E-state index in [0.29, 0.717) is 17.5 Å². The zero-order valence-corrected chi connectivity index (χ0v) is 36.6. The standard InChI is InChI=1S/C61H34N4OS/c1-2-17-39-34-50-48(33-38(39)16-1)54-41-20-7-4-14-36(41)27-31-49(54)65(50)57-47(30-29-45-56-42-21-8-5-15-37(42)28-32-53(56)67-58(45)57)61-63-59(43-23-11-18-35-13-3-6-19-40(35)43)62-60(64-61)46-24-12-26-52-55(46)44-22-9-10-25-51(44)66-52/h1-34H. The van der Waals surface area contributed by atoms with Crippen LogP contribution in [0.4, 0.5) is 0 Å². The third kappa shape index (κ3) is 5.33. The minimum absolute atomic E-state index is 0.581. The van der Waals surface area contributed by atoms with Crippen LogP contribution in [0, 0.1) is 0 Å². The first-order chi connectivity index (χ1) is 33.2. The van der Waals surface area contributed by atoms with E-state index in [9.17, 15) is 0 Å². The molecule has 67 heavy (non-hydrogen) atoms. The number of thiophene rings is 1. The Morgan fingerprint density at radius 1 is 0.343 bits per heavy atom. The van der Waals surface area contributed by atoms with Gasteiger partial charge in [0.1, 0.15) is 11.2 Å². The van der Waals surface area contributed by atoms with Gasteiger partial charge in [0.15, 0.2) is 17.5 Å². The predicted octanol–water partition coefficient (Wildman–Crippen LogP) is 16.8. The Hall–Kier alpha value is -8.71. The molecule has 0 spiro atoms. The fourth-order valence-electron chi connectivity index (χ4n) is 10.8. The van der Waals surface area contributed by atoms with E-state index in [-0.39, 0.29) is 0 Å². The summed E-state index contributed by atoms with van der Waals surface area (Å²) in [4.78, 5) is 16.6. The third-order valence-electron chi connectivity index (χ3n) is 13.8. The van der Waals surface area contributed by atoms with Crippen molar-refractivity contribution in [3.8, 4) is 39.9 Å². The number of fused-ring (bicyclic) bond motifs is 15. The Morgan fingerprint density at radius 3 is 1.70 bits per heavy atom. The molecule has 0 atom stereocenters. The summed E-state index contributed by atoms with van der Waals surface area (Å²) in [5.41, 5.74) is 7.65. The Balaban J connectivity index is 1.13. The molecule has 0 unspecified atom stereocenters. The Morgan fingerprint density at radius 2 is 0.910 bits per heavy atom. The lowest BCUT2D eigenvalue weighted by Crippen LogP contribution is -2.04. The molecule has 0 saturated heterocycles. The third-order valence-corrected chi connectivity index (χ3v) is 15.0. The monoisotopic (exact) mass is 870 g/mol. The van der Waals surface area contributed by atoms with Crippen molar-refractivity contribution in [3.63, 3.8) is 0 Å². The van der Waals surface area contributed by atoms with Crippen LogP contribution in [0.2, 0.25) is 0 Å². The number of benzene rings is 11. The fraction of sp³-hybridized carbons (Fsp3) is 0. The maximum atomic E-state index is 6.45. The van der Waals surface area contributed by atoms with Gasteiger partial charge in [-0.2, -0.15) is 0 Å². The largest absolute Gasteiger partial charge is 0.456 e. The summed E-state index contributed by atoms with van der Waals surface area (Å²) in [6, 6.07) is 73.8. The topological polar surface area (TPSA) is 56.7 Å². The minimum atomic E-state index is 0.581. The Labute approximate surface area is 386 Å². The van der Waals surface area contributed by atoms with Crippen molar-refractivity contribution >= 4 is 118 Å². The summed E-state index contributed by atoms with van der Waals surface area (Å²) in [5.74, 6) is 1.78. The van der Waals surface area contributed by atoms with E-state index in [1.807, 2.05) is 35.6 Å². The van der Waals surface area contributed by atoms with Crippen LogP contribution in [0.25, 0.3) is 147 Å². The van der Waals surface area contributed by atoms with E-state index >= 15 is 0 Å². The smallest absolute Gasteiger partial charge is 0.166 e. The number of hydrogen-bond donors (Lipinski definition) is 0. The fourth-order valence-corrected chi connectivity index (χ4v) is 12.1. The van der Waals surface area contributed by atoms with Crippen LogP contribution < -0.4 is 0 Å². The van der Waals surface area contributed by atoms with Crippen molar-refractivity contribution in [2.45, 2.75) is 0 Å². The van der Waals surface area contributed by atoms with Crippen LogP contribution >= 0.6 is 11.3 Å². The first kappa shape index (κ1) is 36.6. The number of nitrogens with zero attached hydrogens (tertiary/aromatic N) is 4. The van der Waals surface area contributed by atoms with Gasteiger partial charge in [-0.15, -0.1) is 11.3 Å². The van der Waals surface area contributed by atoms with Gasteiger partial charge in [-0.3, -0.25) is 0 Å². The molecular weight excluding hydrogens is 837 g/mol. The van der Waals surface area contributed by atoms with Crippen molar-refractivity contribution in [1.29, 1.82) is 0 Å². The summed E-state index contributed by atoms with van der Waals surface area (Å²) in [6.07, 6.45) is 0. The molecule has 15 rings (SSSR count). The number of aromatic nitrogens is 4. The summed E-state index contributed by atoms with van der Waals surface area (Å²) in [7, 11) is 0. The lowest BCUT2D eigenvalue weighted by atomic mass is 10.0. The second kappa shape index (κ2) is 13.9. The van der Waals surface area contributed by atoms with E-state index in [2.05, 4.69) is 187 Å². The zero-order valence-electron chi connectivity index (χ0n) is 35.7. The van der Waals surface area contributed by atoms with Crippen LogP contribution in [-0.2, 0) is 0 Å². The molecule has 0 bridgehead atoms. The van der Waals surface area contributed by atoms with E-state index in [1.54, 1.807) is 0 Å². The molecule has 0 radical (unpaired) electrons. The van der Waals surface area contributed by atoms with E-state index in [1.165, 1.54) is 63.3 Å². The van der Waals surface area contributed by atoms with Gasteiger partial charge in [0.05, 0.1) is 21.4 Å². The molecule has 0 aliphatic heterocycles. The maximum absolute atomic E-state index is 6.45.